The molecule has 1 amide bonds. The Morgan fingerprint density at radius 3 is 2.80 bits per heavy atom. The molecular weight excluding hydrogens is 403 g/mol. The van der Waals surface area contributed by atoms with Gasteiger partial charge in [-0.1, -0.05) is 54.9 Å². The van der Waals surface area contributed by atoms with E-state index < -0.39 is 9.84 Å². The second kappa shape index (κ2) is 7.10. The number of hydrogen-bond acceptors (Lipinski definition) is 4. The lowest BCUT2D eigenvalue weighted by molar-refractivity contribution is -0.121. The first kappa shape index (κ1) is 19.0. The van der Waals surface area contributed by atoms with E-state index in [4.69, 9.17) is 23.2 Å². The van der Waals surface area contributed by atoms with E-state index >= 15 is 0 Å². The monoisotopic (exact) mass is 420 g/mol. The molecule has 0 bridgehead atoms. The van der Waals surface area contributed by atoms with Crippen molar-refractivity contribution in [1.29, 1.82) is 0 Å². The van der Waals surface area contributed by atoms with Crippen LogP contribution in [0.5, 0.6) is 0 Å². The van der Waals surface area contributed by atoms with Gasteiger partial charge >= 0.3 is 0 Å². The number of carbonyl (C=O) groups excluding carboxylic acids is 1. The summed E-state index contributed by atoms with van der Waals surface area (Å²) >= 11 is 13.8. The van der Waals surface area contributed by atoms with Crippen molar-refractivity contribution >= 4 is 61.6 Å². The van der Waals surface area contributed by atoms with Crippen molar-refractivity contribution < 1.29 is 13.2 Å². The first-order valence-electron chi connectivity index (χ1n) is 7.96. The number of thioether (sulfide) groups is 1. The highest BCUT2D eigenvalue weighted by Gasteiger charge is 2.50. The van der Waals surface area contributed by atoms with E-state index in [1.807, 2.05) is 13.8 Å². The maximum Gasteiger partial charge on any atom is 0.250 e. The molecule has 0 aromatic heterocycles. The lowest BCUT2D eigenvalue weighted by Crippen LogP contribution is -2.38. The summed E-state index contributed by atoms with van der Waals surface area (Å²) in [7, 11) is -3.12. The fourth-order valence-corrected chi connectivity index (χ4v) is 7.20. The van der Waals surface area contributed by atoms with Gasteiger partial charge in [0.1, 0.15) is 0 Å². The Morgan fingerprint density at radius 2 is 2.12 bits per heavy atom. The minimum atomic E-state index is -3.12. The van der Waals surface area contributed by atoms with Gasteiger partial charge in [0.05, 0.1) is 33.3 Å². The smallest absolute Gasteiger partial charge is 0.250 e. The number of carbonyl (C=O) groups is 1. The van der Waals surface area contributed by atoms with E-state index in [0.29, 0.717) is 27.3 Å². The van der Waals surface area contributed by atoms with Gasteiger partial charge in [0, 0.05) is 11.2 Å². The van der Waals surface area contributed by atoms with Gasteiger partial charge in [-0.25, -0.2) is 8.42 Å². The molecule has 0 N–H and O–H groups in total. The van der Waals surface area contributed by atoms with Crippen LogP contribution in [0.25, 0.3) is 0 Å². The van der Waals surface area contributed by atoms with Crippen LogP contribution in [0, 0.1) is 5.92 Å². The van der Waals surface area contributed by atoms with Crippen LogP contribution < -0.4 is 4.90 Å². The molecule has 5 nitrogen and oxygen atoms in total. The third kappa shape index (κ3) is 3.70. The molecule has 136 valence electrons. The highest BCUT2D eigenvalue weighted by atomic mass is 35.5. The molecule has 3 rings (SSSR count). The normalized spacial score (nSPS) is 27.5. The molecule has 25 heavy (non-hydrogen) atoms. The van der Waals surface area contributed by atoms with Crippen molar-refractivity contribution in [3.63, 3.8) is 0 Å². The van der Waals surface area contributed by atoms with Gasteiger partial charge < -0.3 is 4.90 Å². The number of fused-ring (bicyclic) bond motifs is 1. The summed E-state index contributed by atoms with van der Waals surface area (Å²) in [6.07, 6.45) is 0.694. The Bertz CT molecular complexity index is 842. The molecule has 1 aromatic rings. The number of anilines is 1. The van der Waals surface area contributed by atoms with Crippen LogP contribution in [0.15, 0.2) is 23.2 Å². The van der Waals surface area contributed by atoms with Gasteiger partial charge in [0.2, 0.25) is 0 Å². The van der Waals surface area contributed by atoms with E-state index in [1.54, 1.807) is 23.1 Å². The zero-order valence-corrected chi connectivity index (χ0v) is 16.9. The van der Waals surface area contributed by atoms with Gasteiger partial charge in [-0.3, -0.25) is 4.79 Å². The van der Waals surface area contributed by atoms with Gasteiger partial charge in [0.25, 0.3) is 5.91 Å². The molecule has 2 fully saturated rings. The summed E-state index contributed by atoms with van der Waals surface area (Å²) in [4.78, 5) is 18.3. The van der Waals surface area contributed by atoms with Crippen LogP contribution in [-0.4, -0.2) is 42.3 Å². The zero-order valence-electron chi connectivity index (χ0n) is 13.8. The largest absolute Gasteiger partial charge is 0.314 e. The van der Waals surface area contributed by atoms with Crippen LogP contribution in [0.4, 0.5) is 5.69 Å². The highest BCUT2D eigenvalue weighted by molar-refractivity contribution is 8.16. The van der Waals surface area contributed by atoms with E-state index in [9.17, 15) is 13.2 Å². The van der Waals surface area contributed by atoms with Crippen molar-refractivity contribution in [2.75, 3.05) is 16.4 Å². The molecule has 9 heteroatoms. The second-order valence-electron chi connectivity index (χ2n) is 6.29. The minimum Gasteiger partial charge on any atom is -0.314 e. The van der Waals surface area contributed by atoms with E-state index in [2.05, 4.69) is 4.99 Å². The number of aliphatic imine (C=N–C) groups is 1. The third-order valence-corrected chi connectivity index (χ3v) is 8.52. The van der Waals surface area contributed by atoms with E-state index in [1.165, 1.54) is 11.8 Å². The molecule has 0 aliphatic carbocycles. The highest BCUT2D eigenvalue weighted by Crippen LogP contribution is 2.44. The first-order valence-corrected chi connectivity index (χ1v) is 11.4. The minimum absolute atomic E-state index is 0.0179. The summed E-state index contributed by atoms with van der Waals surface area (Å²) in [6.45, 7) is 3.76. The Labute approximate surface area is 161 Å². The standard InChI is InChI=1S/C16H18Cl2N2O3S2/c1-3-9(2)15(21)19-16-20(11-6-4-5-10(17)14(11)18)12-7-25(22,23)8-13(12)24-16/h4-6,9,12-13H,3,7-8H2,1-2H3/t9-,12+,13+/m1/s1. The second-order valence-corrected chi connectivity index (χ2v) is 10.4. The van der Waals surface area contributed by atoms with E-state index in [-0.39, 0.29) is 34.6 Å². The number of halogens is 2. The van der Waals surface area contributed by atoms with Crippen molar-refractivity contribution in [3.05, 3.63) is 28.2 Å². The average molecular weight is 421 g/mol. The summed E-state index contributed by atoms with van der Waals surface area (Å²) in [5, 5.41) is 1.04. The molecule has 0 radical (unpaired) electrons. The SMILES string of the molecule is CC[C@@H](C)C(=O)N=C1S[C@H]2CS(=O)(=O)C[C@@H]2N1c1cccc(Cl)c1Cl. The molecule has 2 heterocycles. The molecule has 2 aliphatic heterocycles. The average Bonchev–Trinajstić information content (AvgIpc) is 3.00. The summed E-state index contributed by atoms with van der Waals surface area (Å²) in [5.74, 6) is -0.303. The van der Waals surface area contributed by atoms with E-state index in [0.717, 1.165) is 0 Å². The van der Waals surface area contributed by atoms with Crippen LogP contribution in [0.1, 0.15) is 20.3 Å². The Balaban J connectivity index is 2.06. The molecular formula is C16H18Cl2N2O3S2. The number of nitrogens with zero attached hydrogens (tertiary/aromatic N) is 2. The Morgan fingerprint density at radius 1 is 1.40 bits per heavy atom. The number of hydrogen-bond donors (Lipinski definition) is 0. The number of sulfone groups is 1. The van der Waals surface area contributed by atoms with Crippen LogP contribution >= 0.6 is 35.0 Å². The molecule has 0 unspecified atom stereocenters. The number of rotatable bonds is 3. The quantitative estimate of drug-likeness (QED) is 0.746. The molecule has 2 saturated heterocycles. The van der Waals surface area contributed by atoms with Crippen molar-refractivity contribution in [2.45, 2.75) is 31.6 Å². The number of amidine groups is 1. The number of benzene rings is 1. The fraction of sp³-hybridized carbons (Fsp3) is 0.500. The lowest BCUT2D eigenvalue weighted by atomic mass is 10.1. The number of amides is 1. The predicted octanol–water partition coefficient (Wildman–Crippen LogP) is 3.64. The maximum absolute atomic E-state index is 12.3. The van der Waals surface area contributed by atoms with Crippen LogP contribution in [0.2, 0.25) is 10.0 Å². The third-order valence-electron chi connectivity index (χ3n) is 4.50. The summed E-state index contributed by atoms with van der Waals surface area (Å²) in [6, 6.07) is 4.89. The van der Waals surface area contributed by atoms with Gasteiger partial charge in [0.15, 0.2) is 15.0 Å². The van der Waals surface area contributed by atoms with Gasteiger partial charge in [-0.15, -0.1) is 0 Å². The fourth-order valence-electron chi connectivity index (χ4n) is 2.90. The van der Waals surface area contributed by atoms with Gasteiger partial charge in [-0.2, -0.15) is 4.99 Å². The maximum atomic E-state index is 12.3. The Kier molecular flexibility index (Phi) is 5.40. The molecule has 0 spiro atoms. The summed E-state index contributed by atoms with van der Waals surface area (Å²) < 4.78 is 24.1. The van der Waals surface area contributed by atoms with Crippen molar-refractivity contribution in [1.82, 2.24) is 0 Å². The summed E-state index contributed by atoms with van der Waals surface area (Å²) in [5.41, 5.74) is 0.585. The lowest BCUT2D eigenvalue weighted by Gasteiger charge is -2.26. The zero-order chi connectivity index (χ0) is 18.4. The van der Waals surface area contributed by atoms with Crippen LogP contribution in [0.3, 0.4) is 0 Å². The Hall–Kier alpha value is -0.760. The predicted molar refractivity (Wildman–Crippen MR) is 105 cm³/mol. The van der Waals surface area contributed by atoms with Crippen molar-refractivity contribution in [2.24, 2.45) is 10.9 Å². The topological polar surface area (TPSA) is 66.8 Å². The van der Waals surface area contributed by atoms with Gasteiger partial charge in [-0.05, 0) is 18.6 Å². The molecule has 2 aliphatic rings. The van der Waals surface area contributed by atoms with Crippen molar-refractivity contribution in [3.8, 4) is 0 Å². The molecule has 3 atom stereocenters. The molecule has 0 saturated carbocycles. The first-order chi connectivity index (χ1) is 11.7. The molecule has 1 aromatic carbocycles. The van der Waals surface area contributed by atoms with Crippen LogP contribution in [-0.2, 0) is 14.6 Å².